The molecule has 2 aromatic heterocycles. The van der Waals surface area contributed by atoms with E-state index < -0.39 is 0 Å². The summed E-state index contributed by atoms with van der Waals surface area (Å²) in [7, 11) is 3.52. The molecule has 1 aliphatic carbocycles. The SMILES string of the molecule is CNc1cc(-c2cc(N3CCN(Sc4ccc(OC)cc4)CC3C)[nH]c(=O)c2)c(C)cn1.O=CC1CC1. The zero-order valence-corrected chi connectivity index (χ0v) is 22.7. The third kappa shape index (κ3) is 7.14. The first kappa shape index (κ1) is 26.8. The molecule has 2 aliphatic rings. The van der Waals surface area contributed by atoms with Gasteiger partial charge in [0.2, 0.25) is 5.56 Å². The fourth-order valence-electron chi connectivity index (χ4n) is 4.19. The van der Waals surface area contributed by atoms with Gasteiger partial charge in [-0.05, 0) is 91.7 Å². The molecule has 3 heterocycles. The molecule has 2 fully saturated rings. The number of benzene rings is 1. The minimum Gasteiger partial charge on any atom is -0.497 e. The molecule has 5 rings (SSSR count). The number of nitrogens with one attached hydrogen (secondary N) is 2. The van der Waals surface area contributed by atoms with E-state index in [0.29, 0.717) is 5.92 Å². The van der Waals surface area contributed by atoms with Gasteiger partial charge in [-0.25, -0.2) is 9.29 Å². The second-order valence-corrected chi connectivity index (χ2v) is 10.6. The third-order valence-corrected chi connectivity index (χ3v) is 7.58. The Hall–Kier alpha value is -3.30. The van der Waals surface area contributed by atoms with Crippen molar-refractivity contribution < 1.29 is 9.53 Å². The van der Waals surface area contributed by atoms with Crippen molar-refractivity contribution in [3.05, 3.63) is 64.6 Å². The van der Waals surface area contributed by atoms with Crippen LogP contribution in [-0.2, 0) is 4.79 Å². The average molecular weight is 522 g/mol. The number of H-pyrrole nitrogens is 1. The first-order valence-corrected chi connectivity index (χ1v) is 13.4. The lowest BCUT2D eigenvalue weighted by Gasteiger charge is -2.40. The molecule has 1 aliphatic heterocycles. The lowest BCUT2D eigenvalue weighted by molar-refractivity contribution is -0.108. The number of rotatable bonds is 7. The summed E-state index contributed by atoms with van der Waals surface area (Å²) < 4.78 is 7.62. The zero-order valence-electron chi connectivity index (χ0n) is 21.9. The highest BCUT2D eigenvalue weighted by molar-refractivity contribution is 7.97. The van der Waals surface area contributed by atoms with Crippen LogP contribution in [0.5, 0.6) is 5.75 Å². The number of anilines is 2. The summed E-state index contributed by atoms with van der Waals surface area (Å²) in [4.78, 5) is 33.0. The number of aromatic amines is 1. The monoisotopic (exact) mass is 521 g/mol. The van der Waals surface area contributed by atoms with Crippen LogP contribution >= 0.6 is 11.9 Å². The number of carbonyl (C=O) groups excluding carboxylic acids is 1. The Balaban J connectivity index is 0.000000572. The smallest absolute Gasteiger partial charge is 0.250 e. The number of aromatic nitrogens is 2. The van der Waals surface area contributed by atoms with Crippen molar-refractivity contribution in [1.82, 2.24) is 14.3 Å². The fraction of sp³-hybridized carbons (Fsp3) is 0.393. The van der Waals surface area contributed by atoms with Crippen molar-refractivity contribution in [2.75, 3.05) is 44.0 Å². The highest BCUT2D eigenvalue weighted by Crippen LogP contribution is 2.31. The van der Waals surface area contributed by atoms with Gasteiger partial charge in [-0.3, -0.25) is 4.79 Å². The second-order valence-electron chi connectivity index (χ2n) is 9.42. The molecule has 0 amide bonds. The summed E-state index contributed by atoms with van der Waals surface area (Å²) in [5.74, 6) is 2.96. The Morgan fingerprint density at radius 1 is 1.16 bits per heavy atom. The Bertz CT molecular complexity index is 1260. The Kier molecular flexibility index (Phi) is 8.89. The predicted octanol–water partition coefficient (Wildman–Crippen LogP) is 4.61. The lowest BCUT2D eigenvalue weighted by Crippen LogP contribution is -2.50. The molecule has 1 aromatic carbocycles. The van der Waals surface area contributed by atoms with Crippen molar-refractivity contribution in [1.29, 1.82) is 0 Å². The topological polar surface area (TPSA) is 90.6 Å². The average Bonchev–Trinajstić information content (AvgIpc) is 3.74. The second kappa shape index (κ2) is 12.3. The normalized spacial score (nSPS) is 17.5. The molecule has 1 atom stereocenters. The largest absolute Gasteiger partial charge is 0.497 e. The third-order valence-electron chi connectivity index (χ3n) is 6.51. The first-order chi connectivity index (χ1) is 17.9. The molecule has 1 unspecified atom stereocenters. The van der Waals surface area contributed by atoms with E-state index in [2.05, 4.69) is 49.6 Å². The van der Waals surface area contributed by atoms with Gasteiger partial charge in [-0.1, -0.05) is 0 Å². The van der Waals surface area contributed by atoms with Crippen LogP contribution in [0.4, 0.5) is 11.6 Å². The molecule has 8 nitrogen and oxygen atoms in total. The highest BCUT2D eigenvalue weighted by atomic mass is 32.2. The van der Waals surface area contributed by atoms with Crippen LogP contribution in [0.2, 0.25) is 0 Å². The molecular formula is C28H35N5O3S. The maximum absolute atomic E-state index is 12.5. The van der Waals surface area contributed by atoms with Gasteiger partial charge < -0.3 is 24.7 Å². The number of piperazine rings is 1. The van der Waals surface area contributed by atoms with Crippen molar-refractivity contribution in [3.63, 3.8) is 0 Å². The number of pyridine rings is 2. The number of carbonyl (C=O) groups is 1. The van der Waals surface area contributed by atoms with Gasteiger partial charge in [-0.2, -0.15) is 0 Å². The van der Waals surface area contributed by atoms with Crippen LogP contribution in [0.25, 0.3) is 11.1 Å². The number of methoxy groups -OCH3 is 1. The molecular weight excluding hydrogens is 486 g/mol. The number of hydrogen-bond acceptors (Lipinski definition) is 8. The minimum absolute atomic E-state index is 0.0954. The summed E-state index contributed by atoms with van der Waals surface area (Å²) in [6.07, 6.45) is 5.15. The Labute approximate surface area is 222 Å². The maximum atomic E-state index is 12.5. The summed E-state index contributed by atoms with van der Waals surface area (Å²) in [6.45, 7) is 6.83. The molecule has 0 spiro atoms. The van der Waals surface area contributed by atoms with E-state index in [9.17, 15) is 9.59 Å². The van der Waals surface area contributed by atoms with Gasteiger partial charge in [0.15, 0.2) is 0 Å². The van der Waals surface area contributed by atoms with Gasteiger partial charge >= 0.3 is 0 Å². The maximum Gasteiger partial charge on any atom is 0.250 e. The summed E-state index contributed by atoms with van der Waals surface area (Å²) in [6, 6.07) is 14.1. The summed E-state index contributed by atoms with van der Waals surface area (Å²) >= 11 is 1.76. The van der Waals surface area contributed by atoms with E-state index in [1.54, 1.807) is 25.1 Å². The number of aldehydes is 1. The zero-order chi connectivity index (χ0) is 26.4. The number of hydrogen-bond donors (Lipinski definition) is 2. The molecule has 3 aromatic rings. The van der Waals surface area contributed by atoms with Gasteiger partial charge in [0, 0.05) is 55.8 Å². The predicted molar refractivity (Wildman–Crippen MR) is 151 cm³/mol. The number of nitrogens with zero attached hydrogens (tertiary/aromatic N) is 3. The molecule has 196 valence electrons. The van der Waals surface area contributed by atoms with Gasteiger partial charge in [0.25, 0.3) is 0 Å². The molecule has 2 N–H and O–H groups in total. The molecule has 37 heavy (non-hydrogen) atoms. The number of aryl methyl sites for hydroxylation is 1. The van der Waals surface area contributed by atoms with Gasteiger partial charge in [0.1, 0.15) is 23.7 Å². The minimum atomic E-state index is -0.0954. The Morgan fingerprint density at radius 2 is 1.92 bits per heavy atom. The summed E-state index contributed by atoms with van der Waals surface area (Å²) in [5.41, 5.74) is 2.86. The van der Waals surface area contributed by atoms with Crippen LogP contribution in [-0.4, -0.2) is 60.4 Å². The van der Waals surface area contributed by atoms with Crippen molar-refractivity contribution in [3.8, 4) is 16.9 Å². The van der Waals surface area contributed by atoms with Crippen molar-refractivity contribution >= 4 is 29.9 Å². The fourth-order valence-corrected chi connectivity index (χ4v) is 5.21. The Morgan fingerprint density at radius 3 is 2.51 bits per heavy atom. The molecule has 9 heteroatoms. The van der Waals surface area contributed by atoms with E-state index in [0.717, 1.165) is 72.8 Å². The van der Waals surface area contributed by atoms with Gasteiger partial charge in [0.05, 0.1) is 7.11 Å². The highest BCUT2D eigenvalue weighted by Gasteiger charge is 2.26. The van der Waals surface area contributed by atoms with Crippen LogP contribution in [0.15, 0.2) is 58.4 Å². The van der Waals surface area contributed by atoms with E-state index in [1.807, 2.05) is 38.4 Å². The lowest BCUT2D eigenvalue weighted by atomic mass is 10.0. The quantitative estimate of drug-likeness (QED) is 0.344. The van der Waals surface area contributed by atoms with Crippen molar-refractivity contribution in [2.24, 2.45) is 5.92 Å². The number of ether oxygens (including phenoxy) is 1. The van der Waals surface area contributed by atoms with Gasteiger partial charge in [-0.15, -0.1) is 0 Å². The van der Waals surface area contributed by atoms with Crippen LogP contribution in [0, 0.1) is 12.8 Å². The molecule has 0 radical (unpaired) electrons. The molecule has 1 saturated carbocycles. The van der Waals surface area contributed by atoms with E-state index in [1.165, 1.54) is 4.90 Å². The standard InChI is InChI=1S/C24H29N5O2S.C4H6O/c1-16-14-26-22(25-3)13-21(16)18-11-23(27-24(30)12-18)29-10-9-28(15-17(29)2)32-20-7-5-19(31-4)6-8-20;5-3-4-1-2-4/h5-8,11-14,17H,9-10,15H2,1-4H3,(H,25,26)(H,27,30);3-4H,1-2H2. The first-order valence-electron chi connectivity index (χ1n) is 12.6. The van der Waals surface area contributed by atoms with Crippen LogP contribution in [0.3, 0.4) is 0 Å². The summed E-state index contributed by atoms with van der Waals surface area (Å²) in [5, 5.41) is 3.07. The van der Waals surface area contributed by atoms with Crippen LogP contribution in [0.1, 0.15) is 25.3 Å². The van der Waals surface area contributed by atoms with Crippen molar-refractivity contribution in [2.45, 2.75) is 37.6 Å². The van der Waals surface area contributed by atoms with E-state index >= 15 is 0 Å². The molecule has 1 saturated heterocycles. The van der Waals surface area contributed by atoms with Crippen LogP contribution < -0.4 is 20.5 Å². The van der Waals surface area contributed by atoms with E-state index in [-0.39, 0.29) is 11.6 Å². The van der Waals surface area contributed by atoms with E-state index in [4.69, 9.17) is 4.74 Å². The molecule has 0 bridgehead atoms.